The van der Waals surface area contributed by atoms with E-state index in [2.05, 4.69) is 6.58 Å². The van der Waals surface area contributed by atoms with Gasteiger partial charge >= 0.3 is 5.97 Å². The number of nitrogen functional groups attached to an aromatic ring is 1. The smallest absolute Gasteiger partial charge is 0.336 e. The molecular formula is C19H21NO4S. The van der Waals surface area contributed by atoms with Gasteiger partial charge < -0.3 is 20.3 Å². The highest BCUT2D eigenvalue weighted by Gasteiger charge is 2.30. The zero-order valence-corrected chi connectivity index (χ0v) is 14.7. The lowest BCUT2D eigenvalue weighted by molar-refractivity contribution is -0.152. The molecule has 2 aromatic rings. The lowest BCUT2D eigenvalue weighted by Gasteiger charge is -2.22. The Balaban J connectivity index is 2.31. The number of aliphatic hydroxyl groups excluding tert-OH is 1. The summed E-state index contributed by atoms with van der Waals surface area (Å²) in [6.07, 6.45) is 0.105. The molecule has 0 saturated heterocycles. The number of methoxy groups -OCH3 is 1. The molecule has 0 saturated carbocycles. The second kappa shape index (κ2) is 9.15. The van der Waals surface area contributed by atoms with Crippen LogP contribution >= 0.6 is 11.8 Å². The van der Waals surface area contributed by atoms with Gasteiger partial charge in [0.05, 0.1) is 12.4 Å². The van der Waals surface area contributed by atoms with Crippen molar-refractivity contribution in [1.82, 2.24) is 0 Å². The molecule has 0 bridgehead atoms. The number of thioether (sulfide) groups is 1. The quantitative estimate of drug-likeness (QED) is 0.326. The van der Waals surface area contributed by atoms with Crippen LogP contribution in [0.5, 0.6) is 5.75 Å². The van der Waals surface area contributed by atoms with Crippen LogP contribution in [0.3, 0.4) is 0 Å². The minimum atomic E-state index is -1.35. The summed E-state index contributed by atoms with van der Waals surface area (Å²) in [7, 11) is 1.58. The molecule has 0 aromatic heterocycles. The number of carbonyl (C=O) groups is 1. The van der Waals surface area contributed by atoms with Gasteiger partial charge in [-0.2, -0.15) is 0 Å². The number of ether oxygens (including phenoxy) is 2. The molecule has 6 heteroatoms. The first-order chi connectivity index (χ1) is 12.1. The summed E-state index contributed by atoms with van der Waals surface area (Å²) < 4.78 is 10.1. The van der Waals surface area contributed by atoms with Gasteiger partial charge in [-0.05, 0) is 29.8 Å². The third kappa shape index (κ3) is 5.01. The monoisotopic (exact) mass is 359 g/mol. The van der Waals surface area contributed by atoms with E-state index in [1.54, 1.807) is 37.4 Å². The number of esters is 1. The first kappa shape index (κ1) is 18.9. The van der Waals surface area contributed by atoms with Gasteiger partial charge in [0.1, 0.15) is 12.4 Å². The standard InChI is InChI=1S/C19H21NO4S/c1-3-12-24-19(22)17(21)18(13-8-10-14(23-2)11-9-13)25-16-7-5-4-6-15(16)20/h3-11,17-18,21H,1,12,20H2,2H3/t17-,18+/m1/s1. The average molecular weight is 359 g/mol. The van der Waals surface area contributed by atoms with Crippen LogP contribution in [0.2, 0.25) is 0 Å². The van der Waals surface area contributed by atoms with Gasteiger partial charge in [0, 0.05) is 10.6 Å². The molecule has 0 radical (unpaired) electrons. The summed E-state index contributed by atoms with van der Waals surface area (Å²) in [5.74, 6) is -0.0156. The fraction of sp³-hybridized carbons (Fsp3) is 0.211. The highest BCUT2D eigenvalue weighted by Crippen LogP contribution is 2.41. The maximum atomic E-state index is 12.1. The summed E-state index contributed by atoms with van der Waals surface area (Å²) in [6, 6.07) is 14.5. The Morgan fingerprint density at radius 3 is 2.56 bits per heavy atom. The molecule has 2 aromatic carbocycles. The molecule has 3 N–H and O–H groups in total. The van der Waals surface area contributed by atoms with Crippen LogP contribution < -0.4 is 10.5 Å². The summed E-state index contributed by atoms with van der Waals surface area (Å²) in [5.41, 5.74) is 7.34. The van der Waals surface area contributed by atoms with E-state index in [0.717, 1.165) is 10.5 Å². The van der Waals surface area contributed by atoms with Crippen molar-refractivity contribution >= 4 is 23.4 Å². The highest BCUT2D eigenvalue weighted by atomic mass is 32.2. The summed E-state index contributed by atoms with van der Waals surface area (Å²) in [5, 5.41) is 9.96. The predicted octanol–water partition coefficient (Wildman–Crippen LogP) is 3.20. The van der Waals surface area contributed by atoms with Crippen LogP contribution in [0.15, 0.2) is 66.1 Å². The number of rotatable bonds is 8. The van der Waals surface area contributed by atoms with Crippen molar-refractivity contribution in [2.45, 2.75) is 16.2 Å². The number of para-hydroxylation sites is 1. The second-order valence-corrected chi connectivity index (χ2v) is 6.40. The van der Waals surface area contributed by atoms with Crippen molar-refractivity contribution in [1.29, 1.82) is 0 Å². The molecule has 0 heterocycles. The van der Waals surface area contributed by atoms with Gasteiger partial charge in [0.2, 0.25) is 0 Å². The Morgan fingerprint density at radius 2 is 1.96 bits per heavy atom. The van der Waals surface area contributed by atoms with Gasteiger partial charge in [-0.25, -0.2) is 4.79 Å². The summed E-state index contributed by atoms with van der Waals surface area (Å²) >= 11 is 1.31. The van der Waals surface area contributed by atoms with Gasteiger partial charge in [-0.15, -0.1) is 11.8 Å². The number of aliphatic hydroxyl groups is 1. The van der Waals surface area contributed by atoms with Crippen LogP contribution in [0.1, 0.15) is 10.8 Å². The average Bonchev–Trinajstić information content (AvgIpc) is 2.65. The van der Waals surface area contributed by atoms with Crippen molar-refractivity contribution in [2.24, 2.45) is 0 Å². The lowest BCUT2D eigenvalue weighted by atomic mass is 10.1. The number of carbonyl (C=O) groups excluding carboxylic acids is 1. The molecule has 0 aliphatic rings. The van der Waals surface area contributed by atoms with Crippen molar-refractivity contribution in [3.05, 3.63) is 66.7 Å². The summed E-state index contributed by atoms with van der Waals surface area (Å²) in [4.78, 5) is 12.9. The topological polar surface area (TPSA) is 81.8 Å². The molecule has 5 nitrogen and oxygen atoms in total. The number of hydrogen-bond donors (Lipinski definition) is 2. The van der Waals surface area contributed by atoms with Crippen molar-refractivity contribution in [3.8, 4) is 5.75 Å². The first-order valence-electron chi connectivity index (χ1n) is 7.67. The predicted molar refractivity (Wildman–Crippen MR) is 99.6 cm³/mol. The maximum absolute atomic E-state index is 12.1. The van der Waals surface area contributed by atoms with E-state index >= 15 is 0 Å². The summed E-state index contributed by atoms with van der Waals surface area (Å²) in [6.45, 7) is 3.54. The Bertz CT molecular complexity index is 718. The fourth-order valence-corrected chi connectivity index (χ4v) is 3.35. The van der Waals surface area contributed by atoms with Crippen LogP contribution in [-0.4, -0.2) is 30.9 Å². The third-order valence-corrected chi connectivity index (χ3v) is 4.90. The Morgan fingerprint density at radius 1 is 1.28 bits per heavy atom. The molecule has 0 spiro atoms. The highest BCUT2D eigenvalue weighted by molar-refractivity contribution is 7.99. The van der Waals surface area contributed by atoms with Crippen LogP contribution in [0.4, 0.5) is 5.69 Å². The molecule has 0 unspecified atom stereocenters. The Kier molecular flexibility index (Phi) is 6.91. The molecule has 25 heavy (non-hydrogen) atoms. The van der Waals surface area contributed by atoms with Crippen molar-refractivity contribution in [2.75, 3.05) is 19.5 Å². The molecule has 0 amide bonds. The molecule has 2 atom stereocenters. The van der Waals surface area contributed by atoms with Gasteiger partial charge in [-0.3, -0.25) is 0 Å². The normalized spacial score (nSPS) is 12.9. The van der Waals surface area contributed by atoms with Gasteiger partial charge in [0.15, 0.2) is 6.10 Å². The third-order valence-electron chi connectivity index (χ3n) is 3.49. The number of benzene rings is 2. The van der Waals surface area contributed by atoms with E-state index in [-0.39, 0.29) is 6.61 Å². The van der Waals surface area contributed by atoms with Gasteiger partial charge in [-0.1, -0.05) is 36.9 Å². The van der Waals surface area contributed by atoms with Crippen LogP contribution in [-0.2, 0) is 9.53 Å². The largest absolute Gasteiger partial charge is 0.497 e. The number of nitrogens with two attached hydrogens (primary N) is 1. The van der Waals surface area contributed by atoms with E-state index in [4.69, 9.17) is 15.2 Å². The van der Waals surface area contributed by atoms with E-state index < -0.39 is 17.3 Å². The van der Waals surface area contributed by atoms with E-state index in [1.165, 1.54) is 17.8 Å². The van der Waals surface area contributed by atoms with Crippen molar-refractivity contribution in [3.63, 3.8) is 0 Å². The molecule has 2 rings (SSSR count). The molecule has 0 aliphatic carbocycles. The molecule has 132 valence electrons. The van der Waals surface area contributed by atoms with Crippen LogP contribution in [0, 0.1) is 0 Å². The number of anilines is 1. The van der Waals surface area contributed by atoms with Crippen molar-refractivity contribution < 1.29 is 19.4 Å². The Labute approximate surface area is 151 Å². The zero-order chi connectivity index (χ0) is 18.2. The zero-order valence-electron chi connectivity index (χ0n) is 13.9. The molecule has 0 fully saturated rings. The van der Waals surface area contributed by atoms with E-state index in [9.17, 15) is 9.90 Å². The molecule has 0 aliphatic heterocycles. The van der Waals surface area contributed by atoms with Gasteiger partial charge in [0.25, 0.3) is 0 Å². The molecular weight excluding hydrogens is 338 g/mol. The van der Waals surface area contributed by atoms with Crippen LogP contribution in [0.25, 0.3) is 0 Å². The first-order valence-corrected chi connectivity index (χ1v) is 8.55. The van der Waals surface area contributed by atoms with E-state index in [0.29, 0.717) is 11.4 Å². The minimum Gasteiger partial charge on any atom is -0.497 e. The second-order valence-electron chi connectivity index (χ2n) is 5.21. The number of hydrogen-bond acceptors (Lipinski definition) is 6. The van der Waals surface area contributed by atoms with E-state index in [1.807, 2.05) is 18.2 Å². The minimum absolute atomic E-state index is 0.0450. The SMILES string of the molecule is C=CCOC(=O)[C@H](O)[C@@H](Sc1ccccc1N)c1ccc(OC)cc1. The Hall–Kier alpha value is -2.44. The maximum Gasteiger partial charge on any atom is 0.336 e. The fourth-order valence-electron chi connectivity index (χ4n) is 2.18. The lowest BCUT2D eigenvalue weighted by Crippen LogP contribution is -2.28.